The van der Waals surface area contributed by atoms with Crippen LogP contribution in [-0.2, 0) is 32.5 Å². The molecule has 3 rings (SSSR count). The van der Waals surface area contributed by atoms with Crippen LogP contribution in [0.1, 0.15) is 18.7 Å². The Hall–Kier alpha value is -1.59. The molecule has 1 atom stereocenters. The lowest BCUT2D eigenvalue weighted by Gasteiger charge is -2.26. The number of morpholine rings is 1. The number of nitrogens with zero attached hydrogens (tertiary/aromatic N) is 6. The smallest absolute Gasteiger partial charge is 0.224 e. The SMILES string of the molecule is CN(C(=O)CCn1nnnc1CN1CCOCC1)[C@@H]1CCS(=O)(=O)C1. The molecule has 25 heavy (non-hydrogen) atoms. The first-order valence-electron chi connectivity index (χ1n) is 8.46. The lowest BCUT2D eigenvalue weighted by molar-refractivity contribution is -0.131. The van der Waals surface area contributed by atoms with Crippen LogP contribution in [0.15, 0.2) is 0 Å². The normalized spacial score (nSPS) is 23.6. The van der Waals surface area contributed by atoms with Gasteiger partial charge in [0.15, 0.2) is 15.7 Å². The first-order chi connectivity index (χ1) is 11.9. The van der Waals surface area contributed by atoms with Gasteiger partial charge in [0, 0.05) is 32.6 Å². The van der Waals surface area contributed by atoms with Gasteiger partial charge in [-0.25, -0.2) is 13.1 Å². The minimum Gasteiger partial charge on any atom is -0.379 e. The minimum atomic E-state index is -3.00. The molecule has 2 aliphatic heterocycles. The van der Waals surface area contributed by atoms with Crippen molar-refractivity contribution in [2.75, 3.05) is 44.9 Å². The highest BCUT2D eigenvalue weighted by Gasteiger charge is 2.32. The molecule has 2 saturated heterocycles. The van der Waals surface area contributed by atoms with E-state index in [4.69, 9.17) is 4.74 Å². The van der Waals surface area contributed by atoms with Gasteiger partial charge < -0.3 is 9.64 Å². The number of aryl methyl sites for hydroxylation is 1. The molecule has 2 aliphatic rings. The van der Waals surface area contributed by atoms with Crippen LogP contribution < -0.4 is 0 Å². The van der Waals surface area contributed by atoms with E-state index < -0.39 is 9.84 Å². The monoisotopic (exact) mass is 372 g/mol. The highest BCUT2D eigenvalue weighted by Crippen LogP contribution is 2.17. The molecular formula is C14H24N6O4S. The third-order valence-electron chi connectivity index (χ3n) is 4.76. The van der Waals surface area contributed by atoms with E-state index in [0.717, 1.165) is 18.9 Å². The summed E-state index contributed by atoms with van der Waals surface area (Å²) in [4.78, 5) is 16.1. The molecule has 1 amide bonds. The number of carbonyl (C=O) groups excluding carboxylic acids is 1. The maximum absolute atomic E-state index is 12.4. The second-order valence-corrected chi connectivity index (χ2v) is 8.75. The number of sulfone groups is 1. The quantitative estimate of drug-likeness (QED) is 0.596. The molecule has 1 aromatic rings. The van der Waals surface area contributed by atoms with Crippen molar-refractivity contribution < 1.29 is 17.9 Å². The number of hydrogen-bond donors (Lipinski definition) is 0. The fourth-order valence-electron chi connectivity index (χ4n) is 3.13. The number of hydrogen-bond acceptors (Lipinski definition) is 8. The molecule has 0 aliphatic carbocycles. The number of tetrazole rings is 1. The maximum atomic E-state index is 12.4. The van der Waals surface area contributed by atoms with E-state index in [1.165, 1.54) is 0 Å². The van der Waals surface area contributed by atoms with E-state index in [1.807, 2.05) is 0 Å². The van der Waals surface area contributed by atoms with Crippen LogP contribution in [0.4, 0.5) is 0 Å². The zero-order valence-corrected chi connectivity index (χ0v) is 15.2. The van der Waals surface area contributed by atoms with E-state index >= 15 is 0 Å². The Balaban J connectivity index is 1.51. The Morgan fingerprint density at radius 1 is 1.36 bits per heavy atom. The van der Waals surface area contributed by atoms with Crippen LogP contribution in [0.3, 0.4) is 0 Å². The molecule has 0 aromatic carbocycles. The molecule has 1 aromatic heterocycles. The van der Waals surface area contributed by atoms with Gasteiger partial charge in [0.1, 0.15) is 0 Å². The predicted octanol–water partition coefficient (Wildman–Crippen LogP) is -1.46. The molecule has 0 saturated carbocycles. The molecule has 0 bridgehead atoms. The van der Waals surface area contributed by atoms with Gasteiger partial charge in [-0.15, -0.1) is 5.10 Å². The van der Waals surface area contributed by atoms with Crippen molar-refractivity contribution in [3.05, 3.63) is 5.82 Å². The number of carbonyl (C=O) groups is 1. The van der Waals surface area contributed by atoms with Gasteiger partial charge in [0.25, 0.3) is 0 Å². The van der Waals surface area contributed by atoms with Crippen LogP contribution in [0.25, 0.3) is 0 Å². The molecule has 11 heteroatoms. The third-order valence-corrected chi connectivity index (χ3v) is 6.51. The maximum Gasteiger partial charge on any atom is 0.224 e. The van der Waals surface area contributed by atoms with Crippen molar-refractivity contribution in [3.63, 3.8) is 0 Å². The summed E-state index contributed by atoms with van der Waals surface area (Å²) < 4.78 is 30.1. The fraction of sp³-hybridized carbons (Fsp3) is 0.857. The topological polar surface area (TPSA) is 111 Å². The lowest BCUT2D eigenvalue weighted by atomic mass is 10.2. The molecular weight excluding hydrogens is 348 g/mol. The summed E-state index contributed by atoms with van der Waals surface area (Å²) in [7, 11) is -1.33. The Bertz CT molecular complexity index is 700. The number of aromatic nitrogens is 4. The molecule has 2 fully saturated rings. The van der Waals surface area contributed by atoms with Gasteiger partial charge >= 0.3 is 0 Å². The van der Waals surface area contributed by atoms with Crippen LogP contribution >= 0.6 is 0 Å². The fourth-order valence-corrected chi connectivity index (χ4v) is 4.91. The number of ether oxygens (including phenoxy) is 1. The Labute approximate surface area is 147 Å². The Kier molecular flexibility index (Phi) is 5.64. The van der Waals surface area contributed by atoms with Crippen LogP contribution in [0.5, 0.6) is 0 Å². The van der Waals surface area contributed by atoms with Gasteiger partial charge in [-0.1, -0.05) is 0 Å². The molecule has 0 spiro atoms. The largest absolute Gasteiger partial charge is 0.379 e. The third kappa shape index (κ3) is 4.73. The van der Waals surface area contributed by atoms with Crippen molar-refractivity contribution in [2.24, 2.45) is 0 Å². The zero-order chi connectivity index (χ0) is 17.9. The highest BCUT2D eigenvalue weighted by molar-refractivity contribution is 7.91. The van der Waals surface area contributed by atoms with Gasteiger partial charge in [-0.2, -0.15) is 0 Å². The van der Waals surface area contributed by atoms with E-state index in [-0.39, 0.29) is 29.9 Å². The van der Waals surface area contributed by atoms with Crippen molar-refractivity contribution in [1.82, 2.24) is 30.0 Å². The molecule has 10 nitrogen and oxygen atoms in total. The number of amides is 1. The summed E-state index contributed by atoms with van der Waals surface area (Å²) in [5, 5.41) is 11.7. The Morgan fingerprint density at radius 2 is 2.12 bits per heavy atom. The van der Waals surface area contributed by atoms with Crippen molar-refractivity contribution in [2.45, 2.75) is 32.0 Å². The summed E-state index contributed by atoms with van der Waals surface area (Å²) in [5.41, 5.74) is 0. The second-order valence-electron chi connectivity index (χ2n) is 6.52. The first-order valence-corrected chi connectivity index (χ1v) is 10.3. The molecule has 0 unspecified atom stereocenters. The Morgan fingerprint density at radius 3 is 2.80 bits per heavy atom. The van der Waals surface area contributed by atoms with Crippen molar-refractivity contribution in [1.29, 1.82) is 0 Å². The van der Waals surface area contributed by atoms with Gasteiger partial charge in [0.05, 0.1) is 37.8 Å². The molecule has 0 N–H and O–H groups in total. The van der Waals surface area contributed by atoms with Crippen LogP contribution in [-0.4, -0.2) is 95.2 Å². The molecule has 3 heterocycles. The zero-order valence-electron chi connectivity index (χ0n) is 14.4. The predicted molar refractivity (Wildman–Crippen MR) is 88.4 cm³/mol. The second kappa shape index (κ2) is 7.75. The van der Waals surface area contributed by atoms with E-state index in [2.05, 4.69) is 20.4 Å². The average molecular weight is 372 g/mol. The average Bonchev–Trinajstić information content (AvgIpc) is 3.18. The first kappa shape index (κ1) is 18.2. The van der Waals surface area contributed by atoms with E-state index in [1.54, 1.807) is 16.6 Å². The summed E-state index contributed by atoms with van der Waals surface area (Å²) >= 11 is 0. The molecule has 0 radical (unpaired) electrons. The van der Waals surface area contributed by atoms with E-state index in [0.29, 0.717) is 32.7 Å². The van der Waals surface area contributed by atoms with E-state index in [9.17, 15) is 13.2 Å². The van der Waals surface area contributed by atoms with Crippen LogP contribution in [0.2, 0.25) is 0 Å². The summed E-state index contributed by atoms with van der Waals surface area (Å²) in [5.74, 6) is 0.852. The summed E-state index contributed by atoms with van der Waals surface area (Å²) in [6.07, 6.45) is 0.756. The standard InChI is InChI=1S/C14H24N6O4S/c1-18(12-3-9-25(22,23)11-12)14(21)2-4-20-13(15-16-17-20)10-19-5-7-24-8-6-19/h12H,2-11H2,1H3/t12-/m1/s1. The van der Waals surface area contributed by atoms with Gasteiger partial charge in [0.2, 0.25) is 5.91 Å². The number of rotatable bonds is 6. The van der Waals surface area contributed by atoms with Gasteiger partial charge in [-0.05, 0) is 16.8 Å². The summed E-state index contributed by atoms with van der Waals surface area (Å²) in [6.45, 7) is 4.09. The van der Waals surface area contributed by atoms with Gasteiger partial charge in [-0.3, -0.25) is 9.69 Å². The minimum absolute atomic E-state index is 0.0579. The lowest BCUT2D eigenvalue weighted by Crippen LogP contribution is -2.38. The van der Waals surface area contributed by atoms with Crippen LogP contribution in [0, 0.1) is 0 Å². The van der Waals surface area contributed by atoms with Crippen molar-refractivity contribution in [3.8, 4) is 0 Å². The van der Waals surface area contributed by atoms with Crippen molar-refractivity contribution >= 4 is 15.7 Å². The molecule has 140 valence electrons. The summed E-state index contributed by atoms with van der Waals surface area (Å²) in [6, 6.07) is -0.223. The highest BCUT2D eigenvalue weighted by atomic mass is 32.2.